The first kappa shape index (κ1) is 15.3. The molecule has 1 heterocycles. The van der Waals surface area contributed by atoms with Gasteiger partial charge in [0.1, 0.15) is 5.92 Å². The van der Waals surface area contributed by atoms with E-state index in [1.165, 1.54) is 11.6 Å². The fourth-order valence-corrected chi connectivity index (χ4v) is 2.21. The topological polar surface area (TPSA) is 75.6 Å². The number of carboxylic acids is 1. The summed E-state index contributed by atoms with van der Waals surface area (Å²) in [6.45, 7) is 2.46. The SMILES string of the molecule is CCc1ccc(C=CC(=O)NC2COCC2C(=O)O)cc1. The van der Waals surface area contributed by atoms with Crippen LogP contribution >= 0.6 is 0 Å². The van der Waals surface area contributed by atoms with Gasteiger partial charge in [-0.2, -0.15) is 0 Å². The van der Waals surface area contributed by atoms with Gasteiger partial charge in [-0.05, 0) is 23.6 Å². The Kier molecular flexibility index (Phi) is 5.11. The number of nitrogens with one attached hydrogen (secondary N) is 1. The molecular weight excluding hydrogens is 270 g/mol. The lowest BCUT2D eigenvalue weighted by Crippen LogP contribution is -2.41. The molecule has 2 atom stereocenters. The molecule has 1 aromatic rings. The number of rotatable bonds is 5. The van der Waals surface area contributed by atoms with Crippen LogP contribution in [0.3, 0.4) is 0 Å². The van der Waals surface area contributed by atoms with Crippen LogP contribution in [0, 0.1) is 5.92 Å². The van der Waals surface area contributed by atoms with E-state index in [-0.39, 0.29) is 19.1 Å². The molecule has 2 rings (SSSR count). The zero-order valence-electron chi connectivity index (χ0n) is 11.9. The van der Waals surface area contributed by atoms with Crippen molar-refractivity contribution in [3.63, 3.8) is 0 Å². The fraction of sp³-hybridized carbons (Fsp3) is 0.375. The Hall–Kier alpha value is -2.14. The predicted octanol–water partition coefficient (Wildman–Crippen LogP) is 1.48. The van der Waals surface area contributed by atoms with Crippen LogP contribution in [0.5, 0.6) is 0 Å². The monoisotopic (exact) mass is 289 g/mol. The summed E-state index contributed by atoms with van der Waals surface area (Å²) in [6.07, 6.45) is 4.10. The number of carbonyl (C=O) groups is 2. The van der Waals surface area contributed by atoms with Crippen molar-refractivity contribution in [2.75, 3.05) is 13.2 Å². The summed E-state index contributed by atoms with van der Waals surface area (Å²) in [5, 5.41) is 11.7. The molecule has 1 saturated heterocycles. The summed E-state index contributed by atoms with van der Waals surface area (Å²) in [7, 11) is 0. The van der Waals surface area contributed by atoms with Gasteiger partial charge in [-0.15, -0.1) is 0 Å². The molecule has 21 heavy (non-hydrogen) atoms. The zero-order valence-corrected chi connectivity index (χ0v) is 11.9. The highest BCUT2D eigenvalue weighted by Crippen LogP contribution is 2.14. The number of carboxylic acid groups (broad SMARTS) is 1. The molecule has 5 nitrogen and oxygen atoms in total. The molecule has 0 saturated carbocycles. The van der Waals surface area contributed by atoms with Gasteiger partial charge in [-0.3, -0.25) is 9.59 Å². The molecule has 1 aliphatic rings. The third-order valence-corrected chi connectivity index (χ3v) is 3.54. The highest BCUT2D eigenvalue weighted by atomic mass is 16.5. The highest BCUT2D eigenvalue weighted by molar-refractivity contribution is 5.92. The quantitative estimate of drug-likeness (QED) is 0.805. The summed E-state index contributed by atoms with van der Waals surface area (Å²) in [5.74, 6) is -1.93. The van der Waals surface area contributed by atoms with Crippen molar-refractivity contribution in [2.45, 2.75) is 19.4 Å². The van der Waals surface area contributed by atoms with Gasteiger partial charge >= 0.3 is 5.97 Å². The number of benzene rings is 1. The van der Waals surface area contributed by atoms with Gasteiger partial charge in [0.05, 0.1) is 19.3 Å². The maximum Gasteiger partial charge on any atom is 0.311 e. The van der Waals surface area contributed by atoms with Crippen molar-refractivity contribution in [2.24, 2.45) is 5.92 Å². The molecule has 1 aliphatic heterocycles. The van der Waals surface area contributed by atoms with Gasteiger partial charge in [0.25, 0.3) is 0 Å². The van der Waals surface area contributed by atoms with Gasteiger partial charge in [-0.25, -0.2) is 0 Å². The molecule has 1 aromatic carbocycles. The zero-order chi connectivity index (χ0) is 15.2. The molecule has 1 fully saturated rings. The molecular formula is C16H19NO4. The predicted molar refractivity (Wildman–Crippen MR) is 78.7 cm³/mol. The minimum absolute atomic E-state index is 0.141. The largest absolute Gasteiger partial charge is 0.481 e. The van der Waals surface area contributed by atoms with Gasteiger partial charge in [-0.1, -0.05) is 31.2 Å². The number of aryl methyl sites for hydroxylation is 1. The van der Waals surface area contributed by atoms with E-state index in [1.807, 2.05) is 24.3 Å². The minimum Gasteiger partial charge on any atom is -0.481 e. The van der Waals surface area contributed by atoms with Gasteiger partial charge < -0.3 is 15.2 Å². The highest BCUT2D eigenvalue weighted by Gasteiger charge is 2.34. The molecule has 0 aromatic heterocycles. The van der Waals surface area contributed by atoms with Crippen LogP contribution in [-0.4, -0.2) is 36.2 Å². The Labute approximate surface area is 123 Å². The third kappa shape index (κ3) is 4.16. The Morgan fingerprint density at radius 2 is 2.05 bits per heavy atom. The molecule has 5 heteroatoms. The Bertz CT molecular complexity index is 536. The third-order valence-electron chi connectivity index (χ3n) is 3.54. The van der Waals surface area contributed by atoms with E-state index < -0.39 is 17.9 Å². The number of amides is 1. The van der Waals surface area contributed by atoms with Crippen LogP contribution in [0.2, 0.25) is 0 Å². The van der Waals surface area contributed by atoms with E-state index in [0.29, 0.717) is 0 Å². The second-order valence-corrected chi connectivity index (χ2v) is 5.03. The van der Waals surface area contributed by atoms with Crippen molar-refractivity contribution < 1.29 is 19.4 Å². The second-order valence-electron chi connectivity index (χ2n) is 5.03. The fourth-order valence-electron chi connectivity index (χ4n) is 2.21. The standard InChI is InChI=1S/C16H19NO4/c1-2-11-3-5-12(6-4-11)7-8-15(18)17-14-10-21-9-13(14)16(19)20/h3-8,13-14H,2,9-10H2,1H3,(H,17,18)(H,19,20). The van der Waals surface area contributed by atoms with Crippen LogP contribution in [0.25, 0.3) is 6.08 Å². The number of carbonyl (C=O) groups excluding carboxylic acids is 1. The van der Waals surface area contributed by atoms with Crippen molar-refractivity contribution in [1.29, 1.82) is 0 Å². The molecule has 112 valence electrons. The second kappa shape index (κ2) is 7.04. The first-order valence-electron chi connectivity index (χ1n) is 6.98. The number of aliphatic carboxylic acids is 1. The normalized spacial score (nSPS) is 21.6. The minimum atomic E-state index is -0.947. The lowest BCUT2D eigenvalue weighted by molar-refractivity contribution is -0.142. The Balaban J connectivity index is 1.91. The first-order chi connectivity index (χ1) is 10.1. The lowest BCUT2D eigenvalue weighted by atomic mass is 10.0. The summed E-state index contributed by atoms with van der Waals surface area (Å²) in [4.78, 5) is 22.8. The number of ether oxygens (including phenoxy) is 1. The summed E-state index contributed by atoms with van der Waals surface area (Å²) < 4.78 is 5.10. The molecule has 0 spiro atoms. The Morgan fingerprint density at radius 1 is 1.33 bits per heavy atom. The average Bonchev–Trinajstić information content (AvgIpc) is 2.94. The molecule has 1 amide bonds. The lowest BCUT2D eigenvalue weighted by Gasteiger charge is -2.14. The number of hydrogen-bond donors (Lipinski definition) is 2. The van der Waals surface area contributed by atoms with Crippen molar-refractivity contribution in [1.82, 2.24) is 5.32 Å². The van der Waals surface area contributed by atoms with Crippen molar-refractivity contribution in [3.8, 4) is 0 Å². The summed E-state index contributed by atoms with van der Waals surface area (Å²) >= 11 is 0. The van der Waals surface area contributed by atoms with Crippen molar-refractivity contribution >= 4 is 18.0 Å². The van der Waals surface area contributed by atoms with Crippen LogP contribution in [-0.2, 0) is 20.7 Å². The van der Waals surface area contributed by atoms with E-state index in [4.69, 9.17) is 9.84 Å². The molecule has 0 aliphatic carbocycles. The van der Waals surface area contributed by atoms with E-state index in [1.54, 1.807) is 6.08 Å². The average molecular weight is 289 g/mol. The maximum atomic E-state index is 11.8. The summed E-state index contributed by atoms with van der Waals surface area (Å²) in [5.41, 5.74) is 2.17. The van der Waals surface area contributed by atoms with E-state index >= 15 is 0 Å². The van der Waals surface area contributed by atoms with Gasteiger partial charge in [0.15, 0.2) is 0 Å². The van der Waals surface area contributed by atoms with Gasteiger partial charge in [0.2, 0.25) is 5.91 Å². The van der Waals surface area contributed by atoms with E-state index in [0.717, 1.165) is 12.0 Å². The van der Waals surface area contributed by atoms with Crippen LogP contribution in [0.4, 0.5) is 0 Å². The smallest absolute Gasteiger partial charge is 0.311 e. The maximum absolute atomic E-state index is 11.8. The van der Waals surface area contributed by atoms with E-state index in [2.05, 4.69) is 12.2 Å². The Morgan fingerprint density at radius 3 is 2.67 bits per heavy atom. The summed E-state index contributed by atoms with van der Waals surface area (Å²) in [6, 6.07) is 7.45. The molecule has 0 radical (unpaired) electrons. The molecule has 2 N–H and O–H groups in total. The first-order valence-corrected chi connectivity index (χ1v) is 6.98. The number of hydrogen-bond acceptors (Lipinski definition) is 3. The van der Waals surface area contributed by atoms with Crippen molar-refractivity contribution in [3.05, 3.63) is 41.5 Å². The molecule has 2 unspecified atom stereocenters. The molecule has 0 bridgehead atoms. The van der Waals surface area contributed by atoms with E-state index in [9.17, 15) is 9.59 Å². The van der Waals surface area contributed by atoms with Crippen LogP contribution in [0.15, 0.2) is 30.3 Å². The van der Waals surface area contributed by atoms with Gasteiger partial charge in [0, 0.05) is 6.08 Å². The van der Waals surface area contributed by atoms with Crippen LogP contribution < -0.4 is 5.32 Å². The van der Waals surface area contributed by atoms with Crippen LogP contribution in [0.1, 0.15) is 18.1 Å².